The van der Waals surface area contributed by atoms with Gasteiger partial charge >= 0.3 is 12.1 Å². The second-order valence-corrected chi connectivity index (χ2v) is 5.64. The van der Waals surface area contributed by atoms with Crippen molar-refractivity contribution in [1.29, 1.82) is 0 Å². The molecule has 0 heterocycles. The average Bonchev–Trinajstić information content (AvgIpc) is 2.62. The molecule has 0 aliphatic heterocycles. The summed E-state index contributed by atoms with van der Waals surface area (Å²) >= 11 is 0. The summed E-state index contributed by atoms with van der Waals surface area (Å²) in [6.07, 6.45) is 3.58. The van der Waals surface area contributed by atoms with Crippen LogP contribution in [0.5, 0.6) is 5.75 Å². The standard InChI is InChI=1S/C17H22O7/c1-3-12-8-10-13(11-9-12)21-17(19)23-24-22-16(18)14-6-4-5-7-15(14)20-2/h4-7,12-13H,3,8-11H2,1-2H3. The predicted octanol–water partition coefficient (Wildman–Crippen LogP) is 3.82. The molecule has 0 N–H and O–H groups in total. The molecule has 0 aromatic heterocycles. The van der Waals surface area contributed by atoms with Crippen LogP contribution in [0.1, 0.15) is 49.4 Å². The van der Waals surface area contributed by atoms with E-state index in [-0.39, 0.29) is 11.7 Å². The van der Waals surface area contributed by atoms with E-state index in [4.69, 9.17) is 9.47 Å². The van der Waals surface area contributed by atoms with E-state index in [0.29, 0.717) is 11.7 Å². The third kappa shape index (κ3) is 5.13. The number of rotatable bonds is 6. The number of hydrogen-bond acceptors (Lipinski definition) is 7. The smallest absolute Gasteiger partial charge is 0.496 e. The lowest BCUT2D eigenvalue weighted by Gasteiger charge is -2.26. The summed E-state index contributed by atoms with van der Waals surface area (Å²) in [6, 6.07) is 6.44. The topological polar surface area (TPSA) is 80.3 Å². The third-order valence-electron chi connectivity index (χ3n) is 4.17. The first-order chi connectivity index (χ1) is 11.6. The van der Waals surface area contributed by atoms with Crippen LogP contribution in [0.4, 0.5) is 4.79 Å². The van der Waals surface area contributed by atoms with Crippen LogP contribution in [-0.4, -0.2) is 25.3 Å². The lowest BCUT2D eigenvalue weighted by atomic mass is 9.86. The number of carbonyl (C=O) groups excluding carboxylic acids is 2. The third-order valence-corrected chi connectivity index (χ3v) is 4.17. The number of carbonyl (C=O) groups is 2. The Labute approximate surface area is 140 Å². The van der Waals surface area contributed by atoms with Crippen LogP contribution in [0, 0.1) is 5.92 Å². The molecule has 7 nitrogen and oxygen atoms in total. The predicted molar refractivity (Wildman–Crippen MR) is 83.1 cm³/mol. The number of para-hydroxylation sites is 1. The Hall–Kier alpha value is -2.28. The fourth-order valence-electron chi connectivity index (χ4n) is 2.75. The maximum atomic E-state index is 11.8. The van der Waals surface area contributed by atoms with Gasteiger partial charge in [0.2, 0.25) is 0 Å². The molecule has 1 aliphatic rings. The summed E-state index contributed by atoms with van der Waals surface area (Å²) in [4.78, 5) is 32.1. The SMILES string of the molecule is CCC1CCC(OC(=O)OOOC(=O)c2ccccc2OC)CC1. The van der Waals surface area contributed by atoms with E-state index in [1.54, 1.807) is 18.2 Å². The molecule has 1 fully saturated rings. The molecule has 1 aromatic rings. The van der Waals surface area contributed by atoms with E-state index in [2.05, 4.69) is 21.7 Å². The fraction of sp³-hybridized carbons (Fsp3) is 0.529. The fourth-order valence-corrected chi connectivity index (χ4v) is 2.75. The van der Waals surface area contributed by atoms with Crippen molar-refractivity contribution in [2.45, 2.75) is 45.1 Å². The largest absolute Gasteiger partial charge is 0.543 e. The molecule has 0 unspecified atom stereocenters. The Bertz CT molecular complexity index is 550. The Morgan fingerprint density at radius 2 is 1.79 bits per heavy atom. The molecular formula is C17H22O7. The molecule has 132 valence electrons. The summed E-state index contributed by atoms with van der Waals surface area (Å²) in [5, 5.41) is 4.22. The van der Waals surface area contributed by atoms with Gasteiger partial charge in [0.05, 0.1) is 12.1 Å². The van der Waals surface area contributed by atoms with E-state index >= 15 is 0 Å². The lowest BCUT2D eigenvalue weighted by molar-refractivity contribution is -0.453. The summed E-state index contributed by atoms with van der Waals surface area (Å²) < 4.78 is 10.1. The van der Waals surface area contributed by atoms with Crippen molar-refractivity contribution >= 4 is 12.1 Å². The van der Waals surface area contributed by atoms with Crippen LogP contribution in [0.25, 0.3) is 0 Å². The number of ether oxygens (including phenoxy) is 2. The molecule has 24 heavy (non-hydrogen) atoms. The maximum Gasteiger partial charge on any atom is 0.543 e. The molecule has 1 aliphatic carbocycles. The Morgan fingerprint density at radius 1 is 1.08 bits per heavy atom. The van der Waals surface area contributed by atoms with Crippen LogP contribution in [0.3, 0.4) is 0 Å². The quantitative estimate of drug-likeness (QED) is 0.443. The Morgan fingerprint density at radius 3 is 2.46 bits per heavy atom. The minimum Gasteiger partial charge on any atom is -0.496 e. The highest BCUT2D eigenvalue weighted by Gasteiger charge is 2.24. The van der Waals surface area contributed by atoms with Crippen molar-refractivity contribution in [3.8, 4) is 5.75 Å². The van der Waals surface area contributed by atoms with Crippen molar-refractivity contribution in [1.82, 2.24) is 0 Å². The van der Waals surface area contributed by atoms with Gasteiger partial charge in [-0.25, -0.2) is 14.5 Å². The van der Waals surface area contributed by atoms with E-state index in [1.807, 2.05) is 0 Å². The van der Waals surface area contributed by atoms with Gasteiger partial charge in [0.25, 0.3) is 0 Å². The van der Waals surface area contributed by atoms with Crippen molar-refractivity contribution in [2.75, 3.05) is 7.11 Å². The Balaban J connectivity index is 1.70. The molecular weight excluding hydrogens is 316 g/mol. The molecule has 0 atom stereocenters. The zero-order valence-corrected chi connectivity index (χ0v) is 13.9. The highest BCUT2D eigenvalue weighted by atomic mass is 17.5. The van der Waals surface area contributed by atoms with Crippen LogP contribution in [0.2, 0.25) is 0 Å². The second kappa shape index (κ2) is 9.12. The summed E-state index contributed by atoms with van der Waals surface area (Å²) in [5.74, 6) is 0.170. The van der Waals surface area contributed by atoms with E-state index < -0.39 is 12.1 Å². The highest BCUT2D eigenvalue weighted by molar-refractivity contribution is 5.92. The van der Waals surface area contributed by atoms with E-state index in [9.17, 15) is 9.59 Å². The summed E-state index contributed by atoms with van der Waals surface area (Å²) in [7, 11) is 1.42. The minimum absolute atomic E-state index is 0.148. The first-order valence-electron chi connectivity index (χ1n) is 8.03. The molecule has 1 aromatic carbocycles. The normalized spacial score (nSPS) is 20.1. The lowest BCUT2D eigenvalue weighted by Crippen LogP contribution is -2.25. The van der Waals surface area contributed by atoms with E-state index in [1.165, 1.54) is 13.2 Å². The number of benzene rings is 1. The van der Waals surface area contributed by atoms with Crippen molar-refractivity contribution in [2.24, 2.45) is 5.92 Å². The van der Waals surface area contributed by atoms with Gasteiger partial charge in [-0.2, -0.15) is 0 Å². The maximum absolute atomic E-state index is 11.8. The average molecular weight is 338 g/mol. The van der Waals surface area contributed by atoms with Crippen LogP contribution in [-0.2, 0) is 19.6 Å². The van der Waals surface area contributed by atoms with Gasteiger partial charge in [0, 0.05) is 0 Å². The first kappa shape index (κ1) is 18.1. The molecule has 1 saturated carbocycles. The van der Waals surface area contributed by atoms with Crippen molar-refractivity contribution in [3.05, 3.63) is 29.8 Å². The van der Waals surface area contributed by atoms with Crippen molar-refractivity contribution in [3.63, 3.8) is 0 Å². The second-order valence-electron chi connectivity index (χ2n) is 5.64. The van der Waals surface area contributed by atoms with Gasteiger partial charge in [0.1, 0.15) is 17.4 Å². The summed E-state index contributed by atoms with van der Waals surface area (Å²) in [6.45, 7) is 2.16. The summed E-state index contributed by atoms with van der Waals surface area (Å²) in [5.41, 5.74) is 0.148. The van der Waals surface area contributed by atoms with Gasteiger partial charge in [-0.1, -0.05) is 25.5 Å². The number of hydrogen-bond donors (Lipinski definition) is 0. The van der Waals surface area contributed by atoms with Gasteiger partial charge in [-0.15, -0.1) is 0 Å². The molecule has 0 spiro atoms. The van der Waals surface area contributed by atoms with Gasteiger partial charge < -0.3 is 9.47 Å². The monoisotopic (exact) mass is 338 g/mol. The van der Waals surface area contributed by atoms with Gasteiger partial charge in [-0.05, 0) is 43.7 Å². The first-order valence-corrected chi connectivity index (χ1v) is 8.03. The molecule has 7 heteroatoms. The zero-order valence-electron chi connectivity index (χ0n) is 13.9. The van der Waals surface area contributed by atoms with E-state index in [0.717, 1.165) is 32.1 Å². The molecule has 0 bridgehead atoms. The Kier molecular flexibility index (Phi) is 6.87. The highest BCUT2D eigenvalue weighted by Crippen LogP contribution is 2.28. The number of methoxy groups -OCH3 is 1. The molecule has 0 amide bonds. The van der Waals surface area contributed by atoms with Crippen molar-refractivity contribution < 1.29 is 33.9 Å². The molecule has 2 rings (SSSR count). The zero-order chi connectivity index (χ0) is 17.4. The van der Waals surface area contributed by atoms with Crippen LogP contribution >= 0.6 is 0 Å². The molecule has 0 saturated heterocycles. The molecule has 0 radical (unpaired) electrons. The van der Waals surface area contributed by atoms with Gasteiger partial charge in [0.15, 0.2) is 0 Å². The minimum atomic E-state index is -1.03. The van der Waals surface area contributed by atoms with Gasteiger partial charge in [-0.3, -0.25) is 4.89 Å². The van der Waals surface area contributed by atoms with Crippen LogP contribution < -0.4 is 4.74 Å². The van der Waals surface area contributed by atoms with Crippen LogP contribution in [0.15, 0.2) is 24.3 Å².